The third-order valence-corrected chi connectivity index (χ3v) is 6.02. The van der Waals surface area contributed by atoms with Crippen LogP contribution in [-0.4, -0.2) is 51.8 Å². The normalized spacial score (nSPS) is 12.9. The summed E-state index contributed by atoms with van der Waals surface area (Å²) in [5.41, 5.74) is 7.15. The van der Waals surface area contributed by atoms with Gasteiger partial charge in [-0.15, -0.1) is 11.3 Å². The number of esters is 2. The first kappa shape index (κ1) is 21.4. The molecule has 0 atom stereocenters. The third kappa shape index (κ3) is 3.66. The van der Waals surface area contributed by atoms with Crippen molar-refractivity contribution in [3.63, 3.8) is 0 Å². The van der Waals surface area contributed by atoms with Crippen LogP contribution in [0.25, 0.3) is 10.2 Å². The van der Waals surface area contributed by atoms with E-state index in [0.29, 0.717) is 20.7 Å². The van der Waals surface area contributed by atoms with E-state index in [-0.39, 0.29) is 36.0 Å². The van der Waals surface area contributed by atoms with Crippen molar-refractivity contribution in [2.24, 2.45) is 0 Å². The van der Waals surface area contributed by atoms with Gasteiger partial charge in [-0.2, -0.15) is 0 Å². The summed E-state index contributed by atoms with van der Waals surface area (Å²) in [4.78, 5) is 59.2. The number of amides is 2. The van der Waals surface area contributed by atoms with Crippen LogP contribution in [0.1, 0.15) is 48.7 Å². The number of benzene rings is 1. The topological polar surface area (TPSA) is 142 Å². The smallest absolute Gasteiger partial charge is 0.348 e. The molecular weight excluding hydrogens is 436 g/mol. The Hall–Kier alpha value is -3.86. The van der Waals surface area contributed by atoms with Crippen molar-refractivity contribution >= 4 is 51.1 Å². The largest absolute Gasteiger partial charge is 0.462 e. The van der Waals surface area contributed by atoms with Crippen molar-refractivity contribution in [3.05, 3.63) is 51.7 Å². The van der Waals surface area contributed by atoms with Crippen LogP contribution in [0, 0.1) is 6.92 Å². The molecule has 2 N–H and O–H groups in total. The molecule has 11 heteroatoms. The number of nitrogens with zero attached hydrogens (tertiary/aromatic N) is 3. The molecule has 0 saturated heterocycles. The molecule has 2 amide bonds. The number of fused-ring (bicyclic) bond motifs is 2. The lowest BCUT2D eigenvalue weighted by molar-refractivity contribution is -0.145. The molecule has 0 bridgehead atoms. The summed E-state index contributed by atoms with van der Waals surface area (Å²) < 4.78 is 10.2. The summed E-state index contributed by atoms with van der Waals surface area (Å²) in [5, 5.41) is 0.541. The Kier molecular flexibility index (Phi) is 5.57. The molecule has 1 aliphatic rings. The Morgan fingerprint density at radius 1 is 1.09 bits per heavy atom. The number of carbonyl (C=O) groups excluding carboxylic acids is 4. The molecule has 4 rings (SSSR count). The maximum atomic E-state index is 12.4. The number of rotatable bonds is 6. The third-order valence-electron chi connectivity index (χ3n) is 4.85. The Morgan fingerprint density at radius 3 is 2.38 bits per heavy atom. The summed E-state index contributed by atoms with van der Waals surface area (Å²) in [5.74, 6) is -2.10. The maximum Gasteiger partial charge on any atom is 0.348 e. The number of aromatic nitrogens is 2. The van der Waals surface area contributed by atoms with Gasteiger partial charge in [-0.1, -0.05) is 12.1 Å². The quantitative estimate of drug-likeness (QED) is 0.437. The van der Waals surface area contributed by atoms with Gasteiger partial charge in [0.25, 0.3) is 11.8 Å². The monoisotopic (exact) mass is 454 g/mol. The first-order valence-corrected chi connectivity index (χ1v) is 10.5. The zero-order valence-electron chi connectivity index (χ0n) is 17.2. The van der Waals surface area contributed by atoms with Gasteiger partial charge in [0.05, 0.1) is 23.1 Å². The van der Waals surface area contributed by atoms with E-state index in [1.807, 2.05) is 0 Å². The van der Waals surface area contributed by atoms with Crippen LogP contribution >= 0.6 is 11.3 Å². The van der Waals surface area contributed by atoms with Crippen LogP contribution in [0.3, 0.4) is 0 Å². The SMILES string of the molecule is CCOC(=O)c1sc2nc(COC(=O)CN3C(=O)c4ccccc4C3=O)nc(N)c2c1C. The summed E-state index contributed by atoms with van der Waals surface area (Å²) in [6, 6.07) is 6.34. The van der Waals surface area contributed by atoms with Crippen LogP contribution in [0.15, 0.2) is 24.3 Å². The van der Waals surface area contributed by atoms with Crippen molar-refractivity contribution in [2.75, 3.05) is 18.9 Å². The van der Waals surface area contributed by atoms with E-state index in [0.717, 1.165) is 16.2 Å². The molecular formula is C21H18N4O6S. The minimum atomic E-state index is -0.795. The van der Waals surface area contributed by atoms with Crippen molar-refractivity contribution < 1.29 is 28.7 Å². The molecule has 0 fully saturated rings. The molecule has 0 unspecified atom stereocenters. The molecule has 1 aliphatic heterocycles. The lowest BCUT2D eigenvalue weighted by Gasteiger charge is -2.12. The van der Waals surface area contributed by atoms with E-state index in [1.54, 1.807) is 26.0 Å². The number of nitrogens with two attached hydrogens (primary N) is 1. The van der Waals surface area contributed by atoms with E-state index in [4.69, 9.17) is 15.2 Å². The first-order chi connectivity index (χ1) is 15.3. The highest BCUT2D eigenvalue weighted by Crippen LogP contribution is 2.33. The van der Waals surface area contributed by atoms with Crippen LogP contribution in [0.2, 0.25) is 0 Å². The molecule has 0 radical (unpaired) electrons. The van der Waals surface area contributed by atoms with Crippen molar-refractivity contribution in [1.82, 2.24) is 14.9 Å². The van der Waals surface area contributed by atoms with Gasteiger partial charge >= 0.3 is 11.9 Å². The number of thiophene rings is 1. The molecule has 3 aromatic rings. The molecule has 2 aromatic heterocycles. The number of aryl methyl sites for hydroxylation is 1. The fraction of sp³-hybridized carbons (Fsp3) is 0.238. The van der Waals surface area contributed by atoms with Gasteiger partial charge in [0.2, 0.25) is 0 Å². The molecule has 10 nitrogen and oxygen atoms in total. The summed E-state index contributed by atoms with van der Waals surface area (Å²) >= 11 is 1.11. The molecule has 3 heterocycles. The standard InChI is InChI=1S/C21H18N4O6S/c1-3-30-21(29)16-10(2)15-17(22)23-13(24-18(15)32-16)9-31-14(26)8-25-19(27)11-6-4-5-7-12(11)20(25)28/h4-7H,3,8-9H2,1-2H3,(H2,22,23,24). The molecule has 164 valence electrons. The van der Waals surface area contributed by atoms with Crippen LogP contribution in [0.5, 0.6) is 0 Å². The van der Waals surface area contributed by atoms with Gasteiger partial charge in [-0.3, -0.25) is 19.3 Å². The number of ether oxygens (including phenoxy) is 2. The van der Waals surface area contributed by atoms with Gasteiger partial charge in [-0.05, 0) is 31.5 Å². The van der Waals surface area contributed by atoms with Crippen molar-refractivity contribution in [3.8, 4) is 0 Å². The number of hydrogen-bond donors (Lipinski definition) is 1. The van der Waals surface area contributed by atoms with E-state index < -0.39 is 30.3 Å². The first-order valence-electron chi connectivity index (χ1n) is 9.65. The van der Waals surface area contributed by atoms with Crippen LogP contribution in [0.4, 0.5) is 5.82 Å². The Labute approximate surface area is 186 Å². The summed E-state index contributed by atoms with van der Waals surface area (Å²) in [7, 11) is 0. The molecule has 32 heavy (non-hydrogen) atoms. The number of carbonyl (C=O) groups is 4. The maximum absolute atomic E-state index is 12.4. The molecule has 0 aliphatic carbocycles. The zero-order chi connectivity index (χ0) is 23.0. The average Bonchev–Trinajstić information content (AvgIpc) is 3.23. The van der Waals surface area contributed by atoms with Crippen LogP contribution in [-0.2, 0) is 20.9 Å². The number of nitrogen functional groups attached to an aromatic ring is 1. The Balaban J connectivity index is 1.46. The minimum absolute atomic E-state index is 0.127. The second kappa shape index (κ2) is 8.35. The highest BCUT2D eigenvalue weighted by molar-refractivity contribution is 7.20. The summed E-state index contributed by atoms with van der Waals surface area (Å²) in [6.45, 7) is 2.83. The Morgan fingerprint density at radius 2 is 1.75 bits per heavy atom. The van der Waals surface area contributed by atoms with Crippen molar-refractivity contribution in [2.45, 2.75) is 20.5 Å². The zero-order valence-corrected chi connectivity index (χ0v) is 18.0. The Bertz CT molecular complexity index is 1250. The van der Waals surface area contributed by atoms with E-state index in [9.17, 15) is 19.2 Å². The molecule has 1 aromatic carbocycles. The highest BCUT2D eigenvalue weighted by atomic mass is 32.1. The fourth-order valence-corrected chi connectivity index (χ4v) is 4.48. The second-order valence-electron chi connectivity index (χ2n) is 6.88. The highest BCUT2D eigenvalue weighted by Gasteiger charge is 2.36. The van der Waals surface area contributed by atoms with E-state index in [1.165, 1.54) is 12.1 Å². The average molecular weight is 454 g/mol. The number of anilines is 1. The predicted octanol–water partition coefficient (Wildman–Crippen LogP) is 2.10. The van der Waals surface area contributed by atoms with Gasteiger partial charge in [-0.25, -0.2) is 14.8 Å². The predicted molar refractivity (Wildman–Crippen MR) is 114 cm³/mol. The second-order valence-corrected chi connectivity index (χ2v) is 7.88. The number of hydrogen-bond acceptors (Lipinski definition) is 10. The molecule has 0 spiro atoms. The fourth-order valence-electron chi connectivity index (χ4n) is 3.37. The van der Waals surface area contributed by atoms with E-state index >= 15 is 0 Å². The summed E-state index contributed by atoms with van der Waals surface area (Å²) in [6.07, 6.45) is 0. The molecule has 0 saturated carbocycles. The van der Waals surface area contributed by atoms with Gasteiger partial charge < -0.3 is 15.2 Å². The lowest BCUT2D eigenvalue weighted by Crippen LogP contribution is -2.35. The lowest BCUT2D eigenvalue weighted by atomic mass is 10.1. The van der Waals surface area contributed by atoms with E-state index in [2.05, 4.69) is 9.97 Å². The number of imide groups is 1. The van der Waals surface area contributed by atoms with Crippen LogP contribution < -0.4 is 5.73 Å². The van der Waals surface area contributed by atoms with Crippen molar-refractivity contribution in [1.29, 1.82) is 0 Å². The van der Waals surface area contributed by atoms with Gasteiger partial charge in [0, 0.05) is 0 Å². The minimum Gasteiger partial charge on any atom is -0.462 e. The van der Waals surface area contributed by atoms with Gasteiger partial charge in [0.1, 0.15) is 22.1 Å². The van der Waals surface area contributed by atoms with Gasteiger partial charge in [0.15, 0.2) is 12.4 Å².